The topological polar surface area (TPSA) is 82.2 Å². The van der Waals surface area contributed by atoms with Gasteiger partial charge in [-0.15, -0.1) is 10.2 Å². The molecule has 0 aliphatic carbocycles. The number of hydrogen-bond donors (Lipinski definition) is 1. The summed E-state index contributed by atoms with van der Waals surface area (Å²) in [7, 11) is 1.63. The average Bonchev–Trinajstić information content (AvgIpc) is 3.32. The molecular formula is C23H24N4O3S. The highest BCUT2D eigenvalue weighted by Crippen LogP contribution is 2.29. The van der Waals surface area contributed by atoms with Crippen molar-refractivity contribution in [2.75, 3.05) is 12.9 Å². The average molecular weight is 437 g/mol. The van der Waals surface area contributed by atoms with Crippen molar-refractivity contribution < 1.29 is 13.9 Å². The van der Waals surface area contributed by atoms with Crippen molar-refractivity contribution in [1.29, 1.82) is 0 Å². The Bertz CT molecular complexity index is 1210. The molecule has 0 aliphatic heterocycles. The van der Waals surface area contributed by atoms with Gasteiger partial charge in [-0.2, -0.15) is 0 Å². The van der Waals surface area contributed by atoms with Gasteiger partial charge in [-0.25, -0.2) is 0 Å². The van der Waals surface area contributed by atoms with E-state index in [9.17, 15) is 4.79 Å². The minimum atomic E-state index is -0.235. The first-order valence-corrected chi connectivity index (χ1v) is 10.9. The highest BCUT2D eigenvalue weighted by Gasteiger charge is 2.19. The van der Waals surface area contributed by atoms with Crippen LogP contribution in [0.4, 0.5) is 0 Å². The summed E-state index contributed by atoms with van der Waals surface area (Å²) in [6.45, 7) is 5.82. The number of thioether (sulfide) groups is 1. The molecule has 4 aromatic rings. The van der Waals surface area contributed by atoms with Gasteiger partial charge in [0.15, 0.2) is 5.16 Å². The lowest BCUT2D eigenvalue weighted by molar-refractivity contribution is -0.119. The van der Waals surface area contributed by atoms with E-state index in [-0.39, 0.29) is 17.7 Å². The van der Waals surface area contributed by atoms with Gasteiger partial charge in [0.25, 0.3) is 0 Å². The van der Waals surface area contributed by atoms with Crippen LogP contribution in [0.15, 0.2) is 58.1 Å². The second-order valence-electron chi connectivity index (χ2n) is 7.23. The maximum atomic E-state index is 12.6. The van der Waals surface area contributed by atoms with E-state index >= 15 is 0 Å². The van der Waals surface area contributed by atoms with Crippen LogP contribution in [0.2, 0.25) is 0 Å². The van der Waals surface area contributed by atoms with E-state index < -0.39 is 0 Å². The Morgan fingerprint density at radius 2 is 1.90 bits per heavy atom. The van der Waals surface area contributed by atoms with E-state index in [2.05, 4.69) is 15.5 Å². The minimum absolute atomic E-state index is 0.0979. The zero-order valence-electron chi connectivity index (χ0n) is 17.9. The Labute approximate surface area is 184 Å². The van der Waals surface area contributed by atoms with E-state index in [0.29, 0.717) is 5.16 Å². The number of carbonyl (C=O) groups is 1. The standard InChI is InChI=1S/C23H24N4O3S/c1-14-19-7-5-6-8-20(19)30-22(14)15(2)24-21(28)13-31-23-26-25-16(3)27(23)17-9-11-18(29-4)12-10-17/h5-12,15H,13H2,1-4H3,(H,24,28). The third kappa shape index (κ3) is 4.29. The number of para-hydroxylation sites is 1. The molecule has 31 heavy (non-hydrogen) atoms. The molecule has 0 fully saturated rings. The van der Waals surface area contributed by atoms with Gasteiger partial charge in [0.05, 0.1) is 18.9 Å². The Morgan fingerprint density at radius 3 is 2.61 bits per heavy atom. The Hall–Kier alpha value is -3.26. The normalized spacial score (nSPS) is 12.1. The number of aryl methyl sites for hydroxylation is 2. The van der Waals surface area contributed by atoms with E-state index in [1.54, 1.807) is 7.11 Å². The fourth-order valence-corrected chi connectivity index (χ4v) is 4.36. The van der Waals surface area contributed by atoms with Crippen molar-refractivity contribution >= 4 is 28.6 Å². The number of ether oxygens (including phenoxy) is 1. The van der Waals surface area contributed by atoms with E-state index in [0.717, 1.165) is 39.6 Å². The molecular weight excluding hydrogens is 412 g/mol. The summed E-state index contributed by atoms with van der Waals surface area (Å²) in [6, 6.07) is 15.3. The van der Waals surface area contributed by atoms with Crippen LogP contribution in [0.1, 0.15) is 30.1 Å². The van der Waals surface area contributed by atoms with Crippen LogP contribution in [0, 0.1) is 13.8 Å². The number of aromatic nitrogens is 3. The van der Waals surface area contributed by atoms with Crippen molar-refractivity contribution in [3.8, 4) is 11.4 Å². The van der Waals surface area contributed by atoms with Gasteiger partial charge in [-0.1, -0.05) is 30.0 Å². The molecule has 0 spiro atoms. The van der Waals surface area contributed by atoms with Crippen molar-refractivity contribution in [2.45, 2.75) is 32.0 Å². The van der Waals surface area contributed by atoms with E-state index in [1.165, 1.54) is 11.8 Å². The first-order chi connectivity index (χ1) is 15.0. The van der Waals surface area contributed by atoms with Gasteiger partial charge < -0.3 is 14.5 Å². The smallest absolute Gasteiger partial charge is 0.231 e. The predicted octanol–water partition coefficient (Wildman–Crippen LogP) is 4.61. The maximum Gasteiger partial charge on any atom is 0.231 e. The van der Waals surface area contributed by atoms with E-state index in [1.807, 2.05) is 73.9 Å². The Balaban J connectivity index is 1.43. The van der Waals surface area contributed by atoms with Gasteiger partial charge in [0.2, 0.25) is 5.91 Å². The van der Waals surface area contributed by atoms with Crippen LogP contribution in [0.5, 0.6) is 5.75 Å². The summed E-state index contributed by atoms with van der Waals surface area (Å²) in [4.78, 5) is 12.6. The molecule has 2 aromatic carbocycles. The molecule has 2 aromatic heterocycles. The fourth-order valence-electron chi connectivity index (χ4n) is 3.55. The van der Waals surface area contributed by atoms with E-state index in [4.69, 9.17) is 9.15 Å². The van der Waals surface area contributed by atoms with Crippen molar-refractivity contribution in [1.82, 2.24) is 20.1 Å². The Morgan fingerprint density at radius 1 is 1.16 bits per heavy atom. The number of methoxy groups -OCH3 is 1. The summed E-state index contributed by atoms with van der Waals surface area (Å²) in [5.41, 5.74) is 2.79. The largest absolute Gasteiger partial charge is 0.497 e. The molecule has 1 N–H and O–H groups in total. The summed E-state index contributed by atoms with van der Waals surface area (Å²) in [5, 5.41) is 13.2. The zero-order valence-corrected chi connectivity index (χ0v) is 18.7. The summed E-state index contributed by atoms with van der Waals surface area (Å²) in [5.74, 6) is 2.42. The monoisotopic (exact) mass is 436 g/mol. The van der Waals surface area contributed by atoms with Crippen LogP contribution >= 0.6 is 11.8 Å². The molecule has 0 aliphatic rings. The first-order valence-electron chi connectivity index (χ1n) is 9.94. The number of nitrogens with one attached hydrogen (secondary N) is 1. The SMILES string of the molecule is COc1ccc(-n2c(C)nnc2SCC(=O)NC(C)c2oc3ccccc3c2C)cc1. The predicted molar refractivity (Wildman–Crippen MR) is 121 cm³/mol. The van der Waals surface area contributed by atoms with Gasteiger partial charge >= 0.3 is 0 Å². The maximum absolute atomic E-state index is 12.6. The molecule has 4 rings (SSSR count). The third-order valence-electron chi connectivity index (χ3n) is 5.11. The van der Waals surface area contributed by atoms with Crippen LogP contribution in [0.25, 0.3) is 16.7 Å². The quantitative estimate of drug-likeness (QED) is 0.426. The lowest BCUT2D eigenvalue weighted by Crippen LogP contribution is -2.28. The molecule has 1 unspecified atom stereocenters. The van der Waals surface area contributed by atoms with Crippen molar-refractivity contribution in [3.05, 3.63) is 65.7 Å². The number of benzene rings is 2. The zero-order chi connectivity index (χ0) is 22.0. The Kier molecular flexibility index (Phi) is 5.99. The molecule has 160 valence electrons. The van der Waals surface area contributed by atoms with Gasteiger partial charge in [-0.05, 0) is 51.1 Å². The summed E-state index contributed by atoms with van der Waals surface area (Å²) >= 11 is 1.34. The van der Waals surface area contributed by atoms with Crippen LogP contribution < -0.4 is 10.1 Å². The highest BCUT2D eigenvalue weighted by molar-refractivity contribution is 7.99. The molecule has 1 amide bonds. The van der Waals surface area contributed by atoms with Gasteiger partial charge in [0, 0.05) is 16.6 Å². The summed E-state index contributed by atoms with van der Waals surface area (Å²) < 4.78 is 13.1. The second kappa shape index (κ2) is 8.85. The molecule has 0 bridgehead atoms. The van der Waals surface area contributed by atoms with Crippen LogP contribution in [0.3, 0.4) is 0 Å². The summed E-state index contributed by atoms with van der Waals surface area (Å²) in [6.07, 6.45) is 0. The molecule has 0 saturated heterocycles. The highest BCUT2D eigenvalue weighted by atomic mass is 32.2. The molecule has 8 heteroatoms. The lowest BCUT2D eigenvalue weighted by Gasteiger charge is -2.13. The number of nitrogens with zero attached hydrogens (tertiary/aromatic N) is 3. The number of fused-ring (bicyclic) bond motifs is 1. The number of carbonyl (C=O) groups excluding carboxylic acids is 1. The van der Waals surface area contributed by atoms with Crippen molar-refractivity contribution in [2.24, 2.45) is 0 Å². The molecule has 0 saturated carbocycles. The fraction of sp³-hybridized carbons (Fsp3) is 0.261. The van der Waals surface area contributed by atoms with Gasteiger partial charge in [0.1, 0.15) is 22.9 Å². The van der Waals surface area contributed by atoms with Crippen LogP contribution in [-0.2, 0) is 4.79 Å². The lowest BCUT2D eigenvalue weighted by atomic mass is 10.1. The first kappa shape index (κ1) is 21.0. The number of amides is 1. The minimum Gasteiger partial charge on any atom is -0.497 e. The van der Waals surface area contributed by atoms with Crippen LogP contribution in [-0.4, -0.2) is 33.5 Å². The van der Waals surface area contributed by atoms with Gasteiger partial charge in [-0.3, -0.25) is 9.36 Å². The molecule has 0 radical (unpaired) electrons. The number of rotatable bonds is 7. The second-order valence-corrected chi connectivity index (χ2v) is 8.17. The molecule has 2 heterocycles. The number of hydrogen-bond acceptors (Lipinski definition) is 6. The molecule has 1 atom stereocenters. The number of furan rings is 1. The molecule has 7 nitrogen and oxygen atoms in total. The van der Waals surface area contributed by atoms with Crippen molar-refractivity contribution in [3.63, 3.8) is 0 Å². The third-order valence-corrected chi connectivity index (χ3v) is 6.04.